The highest BCUT2D eigenvalue weighted by Gasteiger charge is 2.25. The summed E-state index contributed by atoms with van der Waals surface area (Å²) in [5, 5.41) is 6.59. The molecule has 1 atom stereocenters. The largest absolute Gasteiger partial charge is 0.468 e. The molecule has 1 aromatic heterocycles. The van der Waals surface area contributed by atoms with Crippen molar-refractivity contribution in [1.82, 2.24) is 15.5 Å². The fourth-order valence-electron chi connectivity index (χ4n) is 2.53. The highest BCUT2D eigenvalue weighted by Crippen LogP contribution is 2.24. The Balaban J connectivity index is 1.98. The second-order valence-electron chi connectivity index (χ2n) is 4.76. The van der Waals surface area contributed by atoms with Crippen molar-refractivity contribution in [2.75, 3.05) is 33.2 Å². The Morgan fingerprint density at radius 2 is 2.21 bits per heavy atom. The van der Waals surface area contributed by atoms with Gasteiger partial charge in [-0.05, 0) is 45.0 Å². The molecule has 0 aromatic carbocycles. The molecule has 5 nitrogen and oxygen atoms in total. The molecule has 0 amide bonds. The second kappa shape index (κ2) is 7.19. The van der Waals surface area contributed by atoms with Gasteiger partial charge in [-0.2, -0.15) is 0 Å². The first-order valence-electron chi connectivity index (χ1n) is 7.07. The van der Waals surface area contributed by atoms with Gasteiger partial charge < -0.3 is 15.1 Å². The van der Waals surface area contributed by atoms with E-state index in [1.165, 1.54) is 12.8 Å². The number of nitrogens with one attached hydrogen (secondary N) is 2. The fraction of sp³-hybridized carbons (Fsp3) is 0.643. The average Bonchev–Trinajstić information content (AvgIpc) is 3.11. The first-order chi connectivity index (χ1) is 9.35. The fourth-order valence-corrected chi connectivity index (χ4v) is 2.53. The molecule has 0 radical (unpaired) electrons. The lowest BCUT2D eigenvalue weighted by molar-refractivity contribution is 0.215. The number of likely N-dealkylation sites (tertiary alicyclic amines) is 1. The summed E-state index contributed by atoms with van der Waals surface area (Å²) in [5.41, 5.74) is 0. The molecule has 1 fully saturated rings. The Morgan fingerprint density at radius 3 is 2.79 bits per heavy atom. The van der Waals surface area contributed by atoms with Crippen LogP contribution in [0.1, 0.15) is 31.6 Å². The van der Waals surface area contributed by atoms with Gasteiger partial charge in [0.1, 0.15) is 5.76 Å². The van der Waals surface area contributed by atoms with Gasteiger partial charge >= 0.3 is 0 Å². The van der Waals surface area contributed by atoms with Gasteiger partial charge in [-0.25, -0.2) is 0 Å². The van der Waals surface area contributed by atoms with Crippen molar-refractivity contribution in [3.8, 4) is 0 Å². The van der Waals surface area contributed by atoms with Gasteiger partial charge in [-0.15, -0.1) is 0 Å². The summed E-state index contributed by atoms with van der Waals surface area (Å²) in [6.45, 7) is 6.04. The molecule has 0 spiro atoms. The van der Waals surface area contributed by atoms with Gasteiger partial charge in [0.15, 0.2) is 5.96 Å². The SMILES string of the molecule is CCNC(=NC)NCC(c1ccco1)N1CCCC1. The maximum Gasteiger partial charge on any atom is 0.191 e. The van der Waals surface area contributed by atoms with Crippen molar-refractivity contribution in [1.29, 1.82) is 0 Å². The van der Waals surface area contributed by atoms with Crippen LogP contribution in [0.5, 0.6) is 0 Å². The Bertz CT molecular complexity index is 382. The Kier molecular flexibility index (Phi) is 5.27. The molecule has 2 heterocycles. The zero-order chi connectivity index (χ0) is 13.5. The van der Waals surface area contributed by atoms with E-state index in [1.54, 1.807) is 13.3 Å². The lowest BCUT2D eigenvalue weighted by atomic mass is 10.2. The molecule has 2 rings (SSSR count). The Labute approximate surface area is 115 Å². The number of rotatable bonds is 5. The minimum atomic E-state index is 0.285. The topological polar surface area (TPSA) is 52.8 Å². The maximum atomic E-state index is 5.59. The summed E-state index contributed by atoms with van der Waals surface area (Å²) >= 11 is 0. The van der Waals surface area contributed by atoms with Crippen LogP contribution in [0.3, 0.4) is 0 Å². The molecule has 1 aromatic rings. The zero-order valence-electron chi connectivity index (χ0n) is 11.9. The molecule has 1 aliphatic rings. The van der Waals surface area contributed by atoms with Gasteiger partial charge in [0.25, 0.3) is 0 Å². The van der Waals surface area contributed by atoms with Crippen molar-refractivity contribution < 1.29 is 4.42 Å². The molecular formula is C14H24N4O. The van der Waals surface area contributed by atoms with Crippen LogP contribution in [0.25, 0.3) is 0 Å². The summed E-state index contributed by atoms with van der Waals surface area (Å²) < 4.78 is 5.59. The molecule has 1 aliphatic heterocycles. The normalized spacial score (nSPS) is 18.5. The summed E-state index contributed by atoms with van der Waals surface area (Å²) in [4.78, 5) is 6.68. The van der Waals surface area contributed by atoms with E-state index >= 15 is 0 Å². The predicted molar refractivity (Wildman–Crippen MR) is 77.3 cm³/mol. The van der Waals surface area contributed by atoms with Gasteiger partial charge in [0.2, 0.25) is 0 Å². The maximum absolute atomic E-state index is 5.59. The van der Waals surface area contributed by atoms with E-state index in [0.717, 1.165) is 37.9 Å². The van der Waals surface area contributed by atoms with Crippen LogP contribution in [0.15, 0.2) is 27.8 Å². The van der Waals surface area contributed by atoms with Crippen molar-refractivity contribution in [3.63, 3.8) is 0 Å². The highest BCUT2D eigenvalue weighted by molar-refractivity contribution is 5.79. The Hall–Kier alpha value is -1.49. The third kappa shape index (κ3) is 3.73. The molecule has 1 unspecified atom stereocenters. The first-order valence-corrected chi connectivity index (χ1v) is 7.07. The summed E-state index contributed by atoms with van der Waals surface area (Å²) in [5.74, 6) is 1.87. The third-order valence-corrected chi connectivity index (χ3v) is 3.48. The summed E-state index contributed by atoms with van der Waals surface area (Å²) in [7, 11) is 1.79. The van der Waals surface area contributed by atoms with E-state index in [2.05, 4.69) is 33.5 Å². The Morgan fingerprint density at radius 1 is 1.42 bits per heavy atom. The zero-order valence-corrected chi connectivity index (χ0v) is 11.9. The van der Waals surface area contributed by atoms with Gasteiger partial charge in [0.05, 0.1) is 12.3 Å². The molecule has 0 aliphatic carbocycles. The quantitative estimate of drug-likeness (QED) is 0.626. The van der Waals surface area contributed by atoms with E-state index in [9.17, 15) is 0 Å². The molecular weight excluding hydrogens is 240 g/mol. The van der Waals surface area contributed by atoms with E-state index in [-0.39, 0.29) is 6.04 Å². The van der Waals surface area contributed by atoms with Crippen LogP contribution in [-0.4, -0.2) is 44.1 Å². The van der Waals surface area contributed by atoms with Crippen molar-refractivity contribution >= 4 is 5.96 Å². The van der Waals surface area contributed by atoms with E-state index in [0.29, 0.717) is 0 Å². The van der Waals surface area contributed by atoms with Gasteiger partial charge in [-0.3, -0.25) is 9.89 Å². The average molecular weight is 264 g/mol. The standard InChI is InChI=1S/C14H24N4O/c1-3-16-14(15-2)17-11-12(13-7-6-10-19-13)18-8-4-5-9-18/h6-7,10,12H,3-5,8-9,11H2,1-2H3,(H2,15,16,17). The van der Waals surface area contributed by atoms with Crippen molar-refractivity contribution in [3.05, 3.63) is 24.2 Å². The van der Waals surface area contributed by atoms with Gasteiger partial charge in [-0.1, -0.05) is 0 Å². The van der Waals surface area contributed by atoms with E-state index in [1.807, 2.05) is 6.07 Å². The lowest BCUT2D eigenvalue weighted by Crippen LogP contribution is -2.42. The molecule has 19 heavy (non-hydrogen) atoms. The number of furan rings is 1. The minimum absolute atomic E-state index is 0.285. The van der Waals surface area contributed by atoms with Crippen LogP contribution in [-0.2, 0) is 0 Å². The van der Waals surface area contributed by atoms with Crippen molar-refractivity contribution in [2.45, 2.75) is 25.8 Å². The predicted octanol–water partition coefficient (Wildman–Crippen LogP) is 1.60. The molecule has 1 saturated heterocycles. The second-order valence-corrected chi connectivity index (χ2v) is 4.76. The van der Waals surface area contributed by atoms with Crippen molar-refractivity contribution in [2.24, 2.45) is 4.99 Å². The molecule has 0 bridgehead atoms. The highest BCUT2D eigenvalue weighted by atomic mass is 16.3. The summed E-state index contributed by atoms with van der Waals surface area (Å²) in [6, 6.07) is 4.30. The minimum Gasteiger partial charge on any atom is -0.468 e. The van der Waals surface area contributed by atoms with Crippen LogP contribution < -0.4 is 10.6 Å². The molecule has 0 saturated carbocycles. The van der Waals surface area contributed by atoms with Crippen LogP contribution in [0, 0.1) is 0 Å². The number of nitrogens with zero attached hydrogens (tertiary/aromatic N) is 2. The van der Waals surface area contributed by atoms with Gasteiger partial charge in [0, 0.05) is 20.1 Å². The number of hydrogen-bond acceptors (Lipinski definition) is 3. The van der Waals surface area contributed by atoms with Crippen LogP contribution in [0.4, 0.5) is 0 Å². The lowest BCUT2D eigenvalue weighted by Gasteiger charge is -2.26. The smallest absolute Gasteiger partial charge is 0.191 e. The number of aliphatic imine (C=N–C) groups is 1. The number of hydrogen-bond donors (Lipinski definition) is 2. The monoisotopic (exact) mass is 264 g/mol. The molecule has 2 N–H and O–H groups in total. The van der Waals surface area contributed by atoms with E-state index in [4.69, 9.17) is 4.42 Å². The summed E-state index contributed by atoms with van der Waals surface area (Å²) in [6.07, 6.45) is 4.30. The molecule has 5 heteroatoms. The third-order valence-electron chi connectivity index (χ3n) is 3.48. The molecule has 106 valence electrons. The van der Waals surface area contributed by atoms with Crippen LogP contribution >= 0.6 is 0 Å². The van der Waals surface area contributed by atoms with E-state index < -0.39 is 0 Å². The first kappa shape index (κ1) is 13.9. The number of guanidine groups is 1. The van der Waals surface area contributed by atoms with Crippen LogP contribution in [0.2, 0.25) is 0 Å².